The van der Waals surface area contributed by atoms with Crippen LogP contribution in [0.3, 0.4) is 0 Å². The molecule has 94 valence electrons. The van der Waals surface area contributed by atoms with Gasteiger partial charge in [0, 0.05) is 13.1 Å². The number of sulfonamides is 1. The van der Waals surface area contributed by atoms with E-state index in [9.17, 15) is 8.42 Å². The molecule has 1 fully saturated rings. The van der Waals surface area contributed by atoms with Gasteiger partial charge in [0.05, 0.1) is 4.90 Å². The summed E-state index contributed by atoms with van der Waals surface area (Å²) in [4.78, 5) is 0.0843. The van der Waals surface area contributed by atoms with Crippen molar-refractivity contribution in [3.8, 4) is 0 Å². The minimum atomic E-state index is -3.58. The van der Waals surface area contributed by atoms with Gasteiger partial charge >= 0.3 is 6.75 Å². The van der Waals surface area contributed by atoms with E-state index in [0.717, 1.165) is 6.42 Å². The normalized spacial score (nSPS) is 17.8. The van der Waals surface area contributed by atoms with E-state index in [0.29, 0.717) is 13.1 Å². The summed E-state index contributed by atoms with van der Waals surface area (Å²) in [5.74, 6) is 0. The summed E-state index contributed by atoms with van der Waals surface area (Å²) in [6.07, 6.45) is 0.855. The number of rotatable bonds is 3. The Morgan fingerprint density at radius 1 is 1.06 bits per heavy atom. The van der Waals surface area contributed by atoms with E-state index in [1.807, 2.05) is 0 Å². The molecule has 0 radical (unpaired) electrons. The molecule has 0 unspecified atom stereocenters. The van der Waals surface area contributed by atoms with Gasteiger partial charge in [-0.05, 0) is 18.6 Å². The lowest BCUT2D eigenvalue weighted by Gasteiger charge is -2.30. The Morgan fingerprint density at radius 3 is 1.94 bits per heavy atom. The smallest absolute Gasteiger partial charge is 0.402 e. The fourth-order valence-electron chi connectivity index (χ4n) is 1.57. The molecule has 6 nitrogen and oxygen atoms in total. The highest BCUT2D eigenvalue weighted by molar-refractivity contribution is 7.89. The summed E-state index contributed by atoms with van der Waals surface area (Å²) < 4.78 is 25.2. The molecule has 0 aromatic heterocycles. The van der Waals surface area contributed by atoms with Crippen molar-refractivity contribution in [1.82, 2.24) is 4.31 Å². The first kappa shape index (κ1) is 12.5. The molecule has 0 amide bonds. The van der Waals surface area contributed by atoms with Crippen molar-refractivity contribution >= 4 is 22.2 Å². The molecule has 1 saturated heterocycles. The van der Waals surface area contributed by atoms with Gasteiger partial charge in [-0.3, -0.25) is 0 Å². The van der Waals surface area contributed by atoms with E-state index in [2.05, 4.69) is 0 Å². The zero-order valence-electron chi connectivity index (χ0n) is 9.02. The first-order chi connectivity index (χ1) is 7.82. The van der Waals surface area contributed by atoms with Gasteiger partial charge in [0.15, 0.2) is 0 Å². The monoisotopic (exact) mass is 258 g/mol. The van der Waals surface area contributed by atoms with Crippen LogP contribution in [-0.2, 0) is 10.0 Å². The maximum Gasteiger partial charge on any atom is 0.402 e. The molecule has 0 aliphatic carbocycles. The van der Waals surface area contributed by atoms with Crippen LogP contribution in [0.5, 0.6) is 0 Å². The molecular formula is C9H13BNO5S-. The van der Waals surface area contributed by atoms with E-state index in [4.69, 9.17) is 15.1 Å². The van der Waals surface area contributed by atoms with Crippen LogP contribution in [0.15, 0.2) is 29.2 Å². The van der Waals surface area contributed by atoms with E-state index in [1.165, 1.54) is 28.6 Å². The van der Waals surface area contributed by atoms with Crippen molar-refractivity contribution in [2.45, 2.75) is 11.3 Å². The largest absolute Gasteiger partial charge is 0.556 e. The molecular weight excluding hydrogens is 245 g/mol. The molecule has 0 saturated carbocycles. The third-order valence-corrected chi connectivity index (χ3v) is 4.69. The maximum atomic E-state index is 11.9. The van der Waals surface area contributed by atoms with Crippen molar-refractivity contribution in [2.75, 3.05) is 13.1 Å². The summed E-state index contributed by atoms with van der Waals surface area (Å²) in [6.45, 7) is -2.55. The lowest BCUT2D eigenvalue weighted by atomic mass is 9.71. The third kappa shape index (κ3) is 2.36. The predicted molar refractivity (Wildman–Crippen MR) is 61.9 cm³/mol. The van der Waals surface area contributed by atoms with Gasteiger partial charge in [0.2, 0.25) is 10.0 Å². The quantitative estimate of drug-likeness (QED) is 0.556. The Labute approximate surface area is 99.2 Å². The zero-order valence-corrected chi connectivity index (χ0v) is 9.84. The lowest BCUT2D eigenvalue weighted by molar-refractivity contribution is 0.249. The highest BCUT2D eigenvalue weighted by atomic mass is 32.2. The van der Waals surface area contributed by atoms with Gasteiger partial charge in [0.1, 0.15) is 0 Å². The minimum absolute atomic E-state index is 0.0843. The van der Waals surface area contributed by atoms with Crippen LogP contribution < -0.4 is 5.46 Å². The van der Waals surface area contributed by atoms with E-state index in [1.54, 1.807) is 0 Å². The topological polar surface area (TPSA) is 98.1 Å². The second-order valence-electron chi connectivity index (χ2n) is 4.06. The van der Waals surface area contributed by atoms with Crippen molar-refractivity contribution in [2.24, 2.45) is 0 Å². The third-order valence-electron chi connectivity index (χ3n) is 2.78. The summed E-state index contributed by atoms with van der Waals surface area (Å²) in [5, 5.41) is 26.9. The molecule has 1 aromatic carbocycles. The number of hydrogen-bond donors (Lipinski definition) is 3. The van der Waals surface area contributed by atoms with Crippen LogP contribution in [0.2, 0.25) is 0 Å². The minimum Gasteiger partial charge on any atom is -0.556 e. The van der Waals surface area contributed by atoms with E-state index < -0.39 is 16.8 Å². The summed E-state index contributed by atoms with van der Waals surface area (Å²) in [7, 11) is -3.47. The highest BCUT2D eigenvalue weighted by Gasteiger charge is 2.29. The van der Waals surface area contributed by atoms with Gasteiger partial charge in [-0.1, -0.05) is 12.1 Å². The van der Waals surface area contributed by atoms with Crippen LogP contribution in [0, 0.1) is 0 Å². The molecule has 3 N–H and O–H groups in total. The average Bonchev–Trinajstić information content (AvgIpc) is 2.13. The predicted octanol–water partition coefficient (Wildman–Crippen LogP) is -1.80. The second-order valence-corrected chi connectivity index (χ2v) is 6.00. The van der Waals surface area contributed by atoms with Crippen LogP contribution in [-0.4, -0.2) is 47.6 Å². The van der Waals surface area contributed by atoms with Gasteiger partial charge in [-0.15, -0.1) is 5.46 Å². The first-order valence-corrected chi connectivity index (χ1v) is 6.68. The fourth-order valence-corrected chi connectivity index (χ4v) is 3.09. The van der Waals surface area contributed by atoms with Crippen LogP contribution in [0.4, 0.5) is 0 Å². The standard InChI is InChI=1S/C9H13BNO5S/c12-10(13,14)8-2-4-9(5-3-8)17(15,16)11-6-1-7-11/h2-5,12-14H,1,6-7H2/q-1. The molecule has 17 heavy (non-hydrogen) atoms. The Bertz CT molecular complexity index is 503. The SMILES string of the molecule is O=S(=O)(c1ccc([B-](O)(O)O)cc1)N1CCC1. The Hall–Kier alpha value is -0.925. The second kappa shape index (κ2) is 4.07. The molecule has 2 rings (SSSR count). The van der Waals surface area contributed by atoms with Crippen molar-refractivity contribution in [3.05, 3.63) is 24.3 Å². The first-order valence-electron chi connectivity index (χ1n) is 5.24. The number of nitrogens with zero attached hydrogens (tertiary/aromatic N) is 1. The summed E-state index contributed by atoms with van der Waals surface area (Å²) >= 11 is 0. The molecule has 1 aliphatic rings. The van der Waals surface area contributed by atoms with Crippen molar-refractivity contribution in [1.29, 1.82) is 0 Å². The van der Waals surface area contributed by atoms with Crippen molar-refractivity contribution in [3.63, 3.8) is 0 Å². The molecule has 0 bridgehead atoms. The fraction of sp³-hybridized carbons (Fsp3) is 0.333. The molecule has 1 heterocycles. The van der Waals surface area contributed by atoms with E-state index >= 15 is 0 Å². The van der Waals surface area contributed by atoms with Crippen LogP contribution in [0.25, 0.3) is 0 Å². The van der Waals surface area contributed by atoms with Crippen LogP contribution in [0.1, 0.15) is 6.42 Å². The van der Waals surface area contributed by atoms with Gasteiger partial charge in [-0.25, -0.2) is 8.42 Å². The molecule has 1 aromatic rings. The number of hydrogen-bond acceptors (Lipinski definition) is 5. The van der Waals surface area contributed by atoms with Crippen molar-refractivity contribution < 1.29 is 23.5 Å². The average molecular weight is 258 g/mol. The number of benzene rings is 1. The molecule has 0 spiro atoms. The van der Waals surface area contributed by atoms with Gasteiger partial charge in [-0.2, -0.15) is 4.31 Å². The molecule has 1 aliphatic heterocycles. The highest BCUT2D eigenvalue weighted by Crippen LogP contribution is 2.20. The lowest BCUT2D eigenvalue weighted by Crippen LogP contribution is -2.48. The maximum absolute atomic E-state index is 11.9. The van der Waals surface area contributed by atoms with Crippen LogP contribution >= 0.6 is 0 Å². The Morgan fingerprint density at radius 2 is 1.59 bits per heavy atom. The van der Waals surface area contributed by atoms with Gasteiger partial charge < -0.3 is 15.1 Å². The Kier molecular flexibility index (Phi) is 3.00. The summed E-state index contributed by atoms with van der Waals surface area (Å²) in [5.41, 5.74) is -0.118. The van der Waals surface area contributed by atoms with E-state index in [-0.39, 0.29) is 10.4 Å². The summed E-state index contributed by atoms with van der Waals surface area (Å²) in [6, 6.07) is 4.88. The Balaban J connectivity index is 2.29. The molecule has 0 atom stereocenters. The zero-order chi connectivity index (χ0) is 12.7. The molecule has 8 heteroatoms. The van der Waals surface area contributed by atoms with Gasteiger partial charge in [0.25, 0.3) is 0 Å².